The third-order valence-corrected chi connectivity index (χ3v) is 3.68. The summed E-state index contributed by atoms with van der Waals surface area (Å²) in [5, 5.41) is 0. The molecule has 0 aromatic heterocycles. The number of hydrogen-bond acceptors (Lipinski definition) is 2. The van der Waals surface area contributed by atoms with Crippen LogP contribution in [-0.2, 0) is 0 Å². The van der Waals surface area contributed by atoms with Crippen LogP contribution >= 0.6 is 0 Å². The highest BCUT2D eigenvalue weighted by atomic mass is 19.1. The molecular weight excluding hydrogens is 236 g/mol. The van der Waals surface area contributed by atoms with Gasteiger partial charge in [0.1, 0.15) is 11.6 Å². The lowest BCUT2D eigenvalue weighted by atomic mass is 10.0. The van der Waals surface area contributed by atoms with E-state index in [-0.39, 0.29) is 17.4 Å². The molecule has 98 valence electrons. The molecule has 2 rings (SSSR count). The number of rotatable bonds is 3. The van der Waals surface area contributed by atoms with Gasteiger partial charge in [0.2, 0.25) is 0 Å². The predicted octanol–water partition coefficient (Wildman–Crippen LogP) is 3.02. The Bertz CT molecular complexity index is 461. The van der Waals surface area contributed by atoms with Gasteiger partial charge in [-0.15, -0.1) is 0 Å². The van der Waals surface area contributed by atoms with Crippen LogP contribution < -0.4 is 0 Å². The fourth-order valence-electron chi connectivity index (χ4n) is 2.60. The van der Waals surface area contributed by atoms with Crippen LogP contribution in [0, 0.1) is 11.6 Å². The SMILES string of the molecule is CC1CCCN1C(C)C(=O)c1ccc(F)cc1F. The highest BCUT2D eigenvalue weighted by Crippen LogP contribution is 2.22. The molecule has 1 aliphatic rings. The molecule has 2 unspecified atom stereocenters. The maximum atomic E-state index is 13.6. The molecule has 1 heterocycles. The van der Waals surface area contributed by atoms with E-state index in [9.17, 15) is 13.6 Å². The van der Waals surface area contributed by atoms with Crippen molar-refractivity contribution in [2.45, 2.75) is 38.8 Å². The summed E-state index contributed by atoms with van der Waals surface area (Å²) in [7, 11) is 0. The Labute approximate surface area is 106 Å². The zero-order chi connectivity index (χ0) is 13.3. The van der Waals surface area contributed by atoms with E-state index in [0.29, 0.717) is 6.04 Å². The molecule has 0 aliphatic carbocycles. The maximum absolute atomic E-state index is 13.6. The minimum absolute atomic E-state index is 0.0250. The maximum Gasteiger partial charge on any atom is 0.182 e. The Morgan fingerprint density at radius 3 is 2.72 bits per heavy atom. The Balaban J connectivity index is 2.20. The highest BCUT2D eigenvalue weighted by molar-refractivity contribution is 6.00. The minimum atomic E-state index is -0.779. The molecule has 0 amide bonds. The number of Topliss-reactive ketones (excluding diaryl/α,β-unsaturated/α-hetero) is 1. The number of carbonyl (C=O) groups excluding carboxylic acids is 1. The number of likely N-dealkylation sites (tertiary alicyclic amines) is 1. The van der Waals surface area contributed by atoms with Gasteiger partial charge < -0.3 is 0 Å². The normalized spacial score (nSPS) is 22.1. The third kappa shape index (κ3) is 2.43. The van der Waals surface area contributed by atoms with Gasteiger partial charge in [-0.25, -0.2) is 8.78 Å². The minimum Gasteiger partial charge on any atom is -0.292 e. The van der Waals surface area contributed by atoms with Gasteiger partial charge in [-0.05, 0) is 45.4 Å². The van der Waals surface area contributed by atoms with Gasteiger partial charge in [0.25, 0.3) is 0 Å². The number of halogens is 2. The van der Waals surface area contributed by atoms with Crippen molar-refractivity contribution in [1.29, 1.82) is 0 Å². The molecule has 1 fully saturated rings. The third-order valence-electron chi connectivity index (χ3n) is 3.68. The van der Waals surface area contributed by atoms with Crippen molar-refractivity contribution in [3.05, 3.63) is 35.4 Å². The van der Waals surface area contributed by atoms with Crippen molar-refractivity contribution in [2.24, 2.45) is 0 Å². The fourth-order valence-corrected chi connectivity index (χ4v) is 2.60. The number of nitrogens with zero attached hydrogens (tertiary/aromatic N) is 1. The Morgan fingerprint density at radius 2 is 2.17 bits per heavy atom. The van der Waals surface area contributed by atoms with E-state index in [2.05, 4.69) is 11.8 Å². The molecule has 1 aromatic carbocycles. The zero-order valence-corrected chi connectivity index (χ0v) is 10.6. The first-order valence-electron chi connectivity index (χ1n) is 6.25. The molecule has 2 nitrogen and oxygen atoms in total. The summed E-state index contributed by atoms with van der Waals surface area (Å²) in [6.45, 7) is 4.71. The number of benzene rings is 1. The summed E-state index contributed by atoms with van der Waals surface area (Å²) in [5.41, 5.74) is -0.0250. The van der Waals surface area contributed by atoms with Crippen LogP contribution in [0.3, 0.4) is 0 Å². The van der Waals surface area contributed by atoms with Crippen LogP contribution in [0.5, 0.6) is 0 Å². The zero-order valence-electron chi connectivity index (χ0n) is 10.6. The van der Waals surface area contributed by atoms with Crippen molar-refractivity contribution in [2.75, 3.05) is 6.54 Å². The van der Waals surface area contributed by atoms with E-state index in [0.717, 1.165) is 31.5 Å². The van der Waals surface area contributed by atoms with Crippen LogP contribution in [-0.4, -0.2) is 29.3 Å². The first-order chi connectivity index (χ1) is 8.50. The lowest BCUT2D eigenvalue weighted by Gasteiger charge is -2.27. The Hall–Kier alpha value is -1.29. The number of carbonyl (C=O) groups is 1. The number of ketones is 1. The smallest absolute Gasteiger partial charge is 0.182 e. The monoisotopic (exact) mass is 253 g/mol. The van der Waals surface area contributed by atoms with E-state index in [4.69, 9.17) is 0 Å². The lowest BCUT2D eigenvalue weighted by Crippen LogP contribution is -2.41. The summed E-state index contributed by atoms with van der Waals surface area (Å²) in [4.78, 5) is 14.3. The van der Waals surface area contributed by atoms with E-state index >= 15 is 0 Å². The van der Waals surface area contributed by atoms with Crippen molar-refractivity contribution >= 4 is 5.78 Å². The quantitative estimate of drug-likeness (QED) is 0.772. The first-order valence-corrected chi connectivity index (χ1v) is 6.25. The van der Waals surface area contributed by atoms with Crippen molar-refractivity contribution in [1.82, 2.24) is 4.90 Å². The summed E-state index contributed by atoms with van der Waals surface area (Å²) in [6.07, 6.45) is 2.12. The standard InChI is InChI=1S/C14H17F2NO/c1-9-4-3-7-17(9)10(2)14(18)12-6-5-11(15)8-13(12)16/h5-6,8-10H,3-4,7H2,1-2H3. The van der Waals surface area contributed by atoms with E-state index in [1.54, 1.807) is 6.92 Å². The van der Waals surface area contributed by atoms with Gasteiger partial charge in [-0.1, -0.05) is 0 Å². The second-order valence-electron chi connectivity index (χ2n) is 4.89. The molecular formula is C14H17F2NO. The summed E-state index contributed by atoms with van der Waals surface area (Å²) in [5.74, 6) is -1.72. The summed E-state index contributed by atoms with van der Waals surface area (Å²) in [6, 6.07) is 3.09. The van der Waals surface area contributed by atoms with Gasteiger partial charge in [-0.2, -0.15) is 0 Å². The van der Waals surface area contributed by atoms with Gasteiger partial charge in [0.15, 0.2) is 5.78 Å². The molecule has 1 aromatic rings. The molecule has 0 saturated carbocycles. The molecule has 0 N–H and O–H groups in total. The molecule has 18 heavy (non-hydrogen) atoms. The first kappa shape index (κ1) is 13.1. The van der Waals surface area contributed by atoms with Crippen LogP contribution in [0.2, 0.25) is 0 Å². The van der Waals surface area contributed by atoms with Gasteiger partial charge in [0.05, 0.1) is 11.6 Å². The molecule has 0 radical (unpaired) electrons. The van der Waals surface area contributed by atoms with E-state index in [1.807, 2.05) is 0 Å². The summed E-state index contributed by atoms with van der Waals surface area (Å²) < 4.78 is 26.4. The molecule has 0 bridgehead atoms. The Kier molecular flexibility index (Phi) is 3.76. The van der Waals surface area contributed by atoms with Crippen LogP contribution in [0.25, 0.3) is 0 Å². The Morgan fingerprint density at radius 1 is 1.44 bits per heavy atom. The average Bonchev–Trinajstić information content (AvgIpc) is 2.74. The molecule has 1 saturated heterocycles. The predicted molar refractivity (Wildman–Crippen MR) is 65.6 cm³/mol. The second-order valence-corrected chi connectivity index (χ2v) is 4.89. The van der Waals surface area contributed by atoms with Crippen LogP contribution in [0.1, 0.15) is 37.0 Å². The van der Waals surface area contributed by atoms with E-state index < -0.39 is 11.6 Å². The molecule has 4 heteroatoms. The van der Waals surface area contributed by atoms with E-state index in [1.165, 1.54) is 6.07 Å². The topological polar surface area (TPSA) is 20.3 Å². The highest BCUT2D eigenvalue weighted by Gasteiger charge is 2.30. The lowest BCUT2D eigenvalue weighted by molar-refractivity contribution is 0.0825. The number of hydrogen-bond donors (Lipinski definition) is 0. The van der Waals surface area contributed by atoms with Gasteiger partial charge in [-0.3, -0.25) is 9.69 Å². The van der Waals surface area contributed by atoms with Gasteiger partial charge in [0, 0.05) is 12.1 Å². The largest absolute Gasteiger partial charge is 0.292 e. The molecule has 2 atom stereocenters. The average molecular weight is 253 g/mol. The van der Waals surface area contributed by atoms with Crippen LogP contribution in [0.15, 0.2) is 18.2 Å². The van der Waals surface area contributed by atoms with Gasteiger partial charge >= 0.3 is 0 Å². The van der Waals surface area contributed by atoms with Crippen molar-refractivity contribution in [3.8, 4) is 0 Å². The van der Waals surface area contributed by atoms with Crippen molar-refractivity contribution < 1.29 is 13.6 Å². The second kappa shape index (κ2) is 5.14. The fraction of sp³-hybridized carbons (Fsp3) is 0.500. The van der Waals surface area contributed by atoms with Crippen molar-refractivity contribution in [3.63, 3.8) is 0 Å². The van der Waals surface area contributed by atoms with Crippen LogP contribution in [0.4, 0.5) is 8.78 Å². The summed E-state index contributed by atoms with van der Waals surface area (Å²) >= 11 is 0. The molecule has 1 aliphatic heterocycles. The molecule has 0 spiro atoms.